The van der Waals surface area contributed by atoms with E-state index in [1.54, 1.807) is 49.4 Å². The zero-order chi connectivity index (χ0) is 17.8. The molecule has 0 bridgehead atoms. The van der Waals surface area contributed by atoms with Crippen molar-refractivity contribution in [1.29, 1.82) is 0 Å². The Morgan fingerprint density at radius 1 is 1.16 bits per heavy atom. The summed E-state index contributed by atoms with van der Waals surface area (Å²) in [4.78, 5) is 37.0. The number of aromatic nitrogens is 3. The molecule has 0 aromatic carbocycles. The fraction of sp³-hybridized carbons (Fsp3) is 0.412. The zero-order valence-electron chi connectivity index (χ0n) is 14.5. The van der Waals surface area contributed by atoms with Crippen molar-refractivity contribution in [2.24, 2.45) is 7.05 Å². The van der Waals surface area contributed by atoms with Crippen LogP contribution in [0.1, 0.15) is 20.8 Å². The largest absolute Gasteiger partial charge is 0.354 e. The van der Waals surface area contributed by atoms with Crippen LogP contribution in [0.25, 0.3) is 0 Å². The van der Waals surface area contributed by atoms with Gasteiger partial charge in [-0.2, -0.15) is 0 Å². The average Bonchev–Trinajstić information content (AvgIpc) is 3.04. The molecule has 1 amide bonds. The number of carbonyl (C=O) groups is 2. The van der Waals surface area contributed by atoms with Gasteiger partial charge in [-0.15, -0.1) is 0 Å². The summed E-state index contributed by atoms with van der Waals surface area (Å²) in [7, 11) is 3.34. The molecule has 0 spiro atoms. The maximum atomic E-state index is 12.5. The second-order valence-electron chi connectivity index (χ2n) is 6.04. The number of nitrogens with zero attached hydrogens (tertiary/aromatic N) is 5. The Morgan fingerprint density at radius 2 is 1.84 bits per heavy atom. The lowest BCUT2D eigenvalue weighted by molar-refractivity contribution is 0.0925. The fourth-order valence-corrected chi connectivity index (χ4v) is 2.93. The van der Waals surface area contributed by atoms with Crippen molar-refractivity contribution in [3.8, 4) is 0 Å². The predicted molar refractivity (Wildman–Crippen MR) is 93.8 cm³/mol. The van der Waals surface area contributed by atoms with E-state index in [0.29, 0.717) is 17.8 Å². The van der Waals surface area contributed by atoms with Crippen LogP contribution in [0.5, 0.6) is 0 Å². The molecule has 0 saturated carbocycles. The molecule has 0 unspecified atom stereocenters. The van der Waals surface area contributed by atoms with E-state index in [4.69, 9.17) is 0 Å². The van der Waals surface area contributed by atoms with Gasteiger partial charge >= 0.3 is 0 Å². The Balaban J connectivity index is 1.57. The Labute approximate surface area is 146 Å². The quantitative estimate of drug-likeness (QED) is 0.781. The van der Waals surface area contributed by atoms with E-state index in [2.05, 4.69) is 25.1 Å². The Bertz CT molecular complexity index is 750. The van der Waals surface area contributed by atoms with E-state index < -0.39 is 0 Å². The lowest BCUT2D eigenvalue weighted by Crippen LogP contribution is -2.48. The van der Waals surface area contributed by atoms with Gasteiger partial charge in [-0.3, -0.25) is 14.5 Å². The molecule has 0 radical (unpaired) electrons. The third-order valence-corrected chi connectivity index (χ3v) is 4.36. The first-order chi connectivity index (χ1) is 12.1. The molecular weight excluding hydrogens is 320 g/mol. The molecule has 8 nitrogen and oxygen atoms in total. The predicted octanol–water partition coefficient (Wildman–Crippen LogP) is 0.180. The Kier molecular flexibility index (Phi) is 5.08. The van der Waals surface area contributed by atoms with Crippen LogP contribution in [0.4, 0.5) is 5.95 Å². The third-order valence-electron chi connectivity index (χ3n) is 4.36. The summed E-state index contributed by atoms with van der Waals surface area (Å²) >= 11 is 0. The van der Waals surface area contributed by atoms with Gasteiger partial charge in [-0.25, -0.2) is 9.97 Å². The summed E-state index contributed by atoms with van der Waals surface area (Å²) in [5.41, 5.74) is 1.05. The molecule has 1 aliphatic heterocycles. The van der Waals surface area contributed by atoms with Crippen LogP contribution in [0, 0.1) is 0 Å². The highest BCUT2D eigenvalue weighted by molar-refractivity contribution is 6.01. The van der Waals surface area contributed by atoms with Crippen molar-refractivity contribution in [2.75, 3.05) is 44.7 Å². The number of Topliss-reactive ketones (excluding diaryl/α,β-unsaturated/α-hetero) is 1. The van der Waals surface area contributed by atoms with Gasteiger partial charge in [0.15, 0.2) is 5.78 Å². The number of piperazine rings is 1. The molecule has 1 N–H and O–H groups in total. The van der Waals surface area contributed by atoms with Crippen molar-refractivity contribution in [3.63, 3.8) is 0 Å². The summed E-state index contributed by atoms with van der Waals surface area (Å²) in [6.07, 6.45) is 5.18. The first-order valence-electron chi connectivity index (χ1n) is 8.24. The highest BCUT2D eigenvalue weighted by Gasteiger charge is 2.22. The van der Waals surface area contributed by atoms with Gasteiger partial charge in [0, 0.05) is 64.4 Å². The number of hydrogen-bond donors (Lipinski definition) is 1. The van der Waals surface area contributed by atoms with E-state index in [0.717, 1.165) is 32.1 Å². The normalized spacial score (nSPS) is 15.2. The lowest BCUT2D eigenvalue weighted by Gasteiger charge is -2.34. The molecule has 1 saturated heterocycles. The van der Waals surface area contributed by atoms with Gasteiger partial charge < -0.3 is 14.8 Å². The second-order valence-corrected chi connectivity index (χ2v) is 6.04. The minimum atomic E-state index is -0.196. The summed E-state index contributed by atoms with van der Waals surface area (Å²) in [5, 5.41) is 2.58. The molecule has 3 rings (SSSR count). The van der Waals surface area contributed by atoms with Crippen LogP contribution in [0.2, 0.25) is 0 Å². The number of amides is 1. The van der Waals surface area contributed by atoms with Crippen molar-refractivity contribution in [1.82, 2.24) is 24.8 Å². The molecule has 1 fully saturated rings. The highest BCUT2D eigenvalue weighted by atomic mass is 16.2. The van der Waals surface area contributed by atoms with Gasteiger partial charge in [0.2, 0.25) is 5.95 Å². The van der Waals surface area contributed by atoms with E-state index in [1.807, 2.05) is 0 Å². The fourth-order valence-electron chi connectivity index (χ4n) is 2.93. The van der Waals surface area contributed by atoms with E-state index in [9.17, 15) is 9.59 Å². The zero-order valence-corrected chi connectivity index (χ0v) is 14.5. The first-order valence-corrected chi connectivity index (χ1v) is 8.24. The minimum Gasteiger partial charge on any atom is -0.354 e. The number of ketones is 1. The van der Waals surface area contributed by atoms with Crippen molar-refractivity contribution >= 4 is 17.6 Å². The smallest absolute Gasteiger partial charge is 0.267 e. The van der Waals surface area contributed by atoms with Crippen LogP contribution in [0.15, 0.2) is 30.7 Å². The average molecular weight is 342 g/mol. The maximum Gasteiger partial charge on any atom is 0.267 e. The van der Waals surface area contributed by atoms with Crippen LogP contribution < -0.4 is 10.2 Å². The topological polar surface area (TPSA) is 83.4 Å². The molecular formula is C17H22N6O2. The Hall–Kier alpha value is -2.74. The van der Waals surface area contributed by atoms with Crippen LogP contribution in [-0.2, 0) is 7.05 Å². The van der Waals surface area contributed by atoms with Crippen molar-refractivity contribution < 1.29 is 9.59 Å². The van der Waals surface area contributed by atoms with Gasteiger partial charge in [0.25, 0.3) is 5.91 Å². The number of hydrogen-bond acceptors (Lipinski definition) is 6. The van der Waals surface area contributed by atoms with E-state index in [1.165, 1.54) is 0 Å². The molecule has 3 heterocycles. The van der Waals surface area contributed by atoms with Crippen LogP contribution in [-0.4, -0.2) is 70.9 Å². The maximum absolute atomic E-state index is 12.5. The molecule has 25 heavy (non-hydrogen) atoms. The highest BCUT2D eigenvalue weighted by Crippen LogP contribution is 2.12. The van der Waals surface area contributed by atoms with Gasteiger partial charge in [0.05, 0.1) is 6.54 Å². The summed E-state index contributed by atoms with van der Waals surface area (Å²) in [5.74, 6) is 0.556. The van der Waals surface area contributed by atoms with Crippen molar-refractivity contribution in [2.45, 2.75) is 0 Å². The Morgan fingerprint density at radius 3 is 2.48 bits per heavy atom. The van der Waals surface area contributed by atoms with Crippen LogP contribution in [0.3, 0.4) is 0 Å². The number of anilines is 1. The standard InChI is InChI=1S/C17H22N6O2/c1-18-16(25)14-10-13(11-21(14)2)15(24)12-22-6-8-23(9-7-22)17-19-4-3-5-20-17/h3-5,10-11H,6-9,12H2,1-2H3,(H,18,25). The SMILES string of the molecule is CNC(=O)c1cc(C(=O)CN2CCN(c3ncccn3)CC2)cn1C. The lowest BCUT2D eigenvalue weighted by atomic mass is 10.2. The minimum absolute atomic E-state index is 0.0233. The third kappa shape index (κ3) is 3.85. The van der Waals surface area contributed by atoms with Crippen LogP contribution >= 0.6 is 0 Å². The number of carbonyl (C=O) groups excluding carboxylic acids is 2. The molecule has 0 aliphatic carbocycles. The summed E-state index contributed by atoms with van der Waals surface area (Å²) < 4.78 is 1.68. The molecule has 0 atom stereocenters. The molecule has 2 aromatic heterocycles. The monoisotopic (exact) mass is 342 g/mol. The summed E-state index contributed by atoms with van der Waals surface area (Å²) in [6.45, 7) is 3.48. The first kappa shape index (κ1) is 17.1. The van der Waals surface area contributed by atoms with Crippen molar-refractivity contribution in [3.05, 3.63) is 42.0 Å². The molecule has 8 heteroatoms. The number of rotatable bonds is 5. The molecule has 1 aliphatic rings. The van der Waals surface area contributed by atoms with Gasteiger partial charge in [-0.05, 0) is 12.1 Å². The second kappa shape index (κ2) is 7.43. The number of nitrogens with one attached hydrogen (secondary N) is 1. The molecule has 2 aromatic rings. The molecule has 132 valence electrons. The summed E-state index contributed by atoms with van der Waals surface area (Å²) in [6, 6.07) is 3.45. The van der Waals surface area contributed by atoms with Gasteiger partial charge in [-0.1, -0.05) is 0 Å². The van der Waals surface area contributed by atoms with E-state index >= 15 is 0 Å². The number of aryl methyl sites for hydroxylation is 1. The van der Waals surface area contributed by atoms with E-state index in [-0.39, 0.29) is 11.7 Å². The van der Waals surface area contributed by atoms with Gasteiger partial charge in [0.1, 0.15) is 5.69 Å².